The third-order valence-corrected chi connectivity index (χ3v) is 3.21. The summed E-state index contributed by atoms with van der Waals surface area (Å²) in [6, 6.07) is -0.0749. The van der Waals surface area contributed by atoms with E-state index < -0.39 is 6.03 Å². The fourth-order valence-electron chi connectivity index (χ4n) is 2.41. The molecule has 6 heteroatoms. The molecular weight excluding hydrogens is 246 g/mol. The zero-order chi connectivity index (χ0) is 14.3. The molecule has 1 unspecified atom stereocenters. The smallest absolute Gasteiger partial charge is 0.321 e. The van der Waals surface area contributed by atoms with Crippen molar-refractivity contribution in [1.82, 2.24) is 15.5 Å². The molecule has 0 saturated carbocycles. The molecule has 1 fully saturated rings. The van der Waals surface area contributed by atoms with Crippen LogP contribution in [0.2, 0.25) is 0 Å². The zero-order valence-corrected chi connectivity index (χ0v) is 11.8. The van der Waals surface area contributed by atoms with Crippen LogP contribution in [0.1, 0.15) is 39.5 Å². The second kappa shape index (κ2) is 8.12. The highest BCUT2D eigenvalue weighted by molar-refractivity contribution is 5.95. The average molecular weight is 271 g/mol. The summed E-state index contributed by atoms with van der Waals surface area (Å²) in [5, 5.41) is 13.8. The lowest BCUT2D eigenvalue weighted by molar-refractivity contribution is -0.121. The zero-order valence-electron chi connectivity index (χ0n) is 11.8. The van der Waals surface area contributed by atoms with E-state index in [-0.39, 0.29) is 25.1 Å². The first kappa shape index (κ1) is 15.9. The van der Waals surface area contributed by atoms with Crippen molar-refractivity contribution in [3.8, 4) is 0 Å². The van der Waals surface area contributed by atoms with Crippen molar-refractivity contribution in [2.45, 2.75) is 51.6 Å². The van der Waals surface area contributed by atoms with E-state index in [0.29, 0.717) is 6.04 Å². The highest BCUT2D eigenvalue weighted by Gasteiger charge is 2.26. The number of rotatable bonds is 6. The summed E-state index contributed by atoms with van der Waals surface area (Å²) >= 11 is 0. The molecule has 0 aromatic heterocycles. The maximum Gasteiger partial charge on any atom is 0.321 e. The first-order valence-corrected chi connectivity index (χ1v) is 6.98. The van der Waals surface area contributed by atoms with E-state index in [9.17, 15) is 9.59 Å². The molecule has 1 saturated heterocycles. The highest BCUT2D eigenvalue weighted by atomic mass is 16.3. The quantitative estimate of drug-likeness (QED) is 0.655. The van der Waals surface area contributed by atoms with E-state index in [2.05, 4.69) is 15.5 Å². The molecule has 0 radical (unpaired) electrons. The predicted molar refractivity (Wildman–Crippen MR) is 72.7 cm³/mol. The first-order chi connectivity index (χ1) is 9.02. The van der Waals surface area contributed by atoms with E-state index >= 15 is 0 Å². The van der Waals surface area contributed by atoms with Gasteiger partial charge in [0, 0.05) is 18.7 Å². The third-order valence-electron chi connectivity index (χ3n) is 3.21. The number of imide groups is 1. The van der Waals surface area contributed by atoms with Gasteiger partial charge in [-0.25, -0.2) is 4.79 Å². The fraction of sp³-hybridized carbons (Fsp3) is 0.846. The molecule has 110 valence electrons. The average Bonchev–Trinajstić information content (AvgIpc) is 2.72. The van der Waals surface area contributed by atoms with Crippen LogP contribution in [0.3, 0.4) is 0 Å². The number of aliphatic hydroxyl groups excluding tert-OH is 1. The van der Waals surface area contributed by atoms with Crippen LogP contribution in [0, 0.1) is 0 Å². The van der Waals surface area contributed by atoms with Crippen molar-refractivity contribution >= 4 is 11.9 Å². The van der Waals surface area contributed by atoms with E-state index in [1.165, 1.54) is 0 Å². The lowest BCUT2D eigenvalue weighted by Gasteiger charge is -2.23. The maximum atomic E-state index is 11.7. The number of amides is 3. The summed E-state index contributed by atoms with van der Waals surface area (Å²) in [5.74, 6) is -0.269. The van der Waals surface area contributed by atoms with Crippen LogP contribution in [0.4, 0.5) is 4.79 Å². The molecule has 3 N–H and O–H groups in total. The van der Waals surface area contributed by atoms with Gasteiger partial charge in [0.15, 0.2) is 0 Å². The molecule has 6 nitrogen and oxygen atoms in total. The maximum absolute atomic E-state index is 11.7. The van der Waals surface area contributed by atoms with Gasteiger partial charge in [-0.2, -0.15) is 0 Å². The van der Waals surface area contributed by atoms with Crippen LogP contribution in [0.5, 0.6) is 0 Å². The highest BCUT2D eigenvalue weighted by Crippen LogP contribution is 2.20. The van der Waals surface area contributed by atoms with Gasteiger partial charge in [-0.15, -0.1) is 0 Å². The molecule has 1 aliphatic rings. The van der Waals surface area contributed by atoms with Gasteiger partial charge in [0.05, 0.1) is 6.54 Å². The molecule has 19 heavy (non-hydrogen) atoms. The SMILES string of the molecule is CC(C)NC(=O)NC(=O)CN1CCCC1CCCO. The Bertz CT molecular complexity index is 308. The number of hydrogen-bond acceptors (Lipinski definition) is 4. The Kier molecular flexibility index (Phi) is 6.80. The topological polar surface area (TPSA) is 81.7 Å². The fourth-order valence-corrected chi connectivity index (χ4v) is 2.41. The van der Waals surface area contributed by atoms with Crippen molar-refractivity contribution in [2.75, 3.05) is 19.7 Å². The molecule has 1 atom stereocenters. The van der Waals surface area contributed by atoms with E-state index in [1.807, 2.05) is 13.8 Å². The molecule has 1 heterocycles. The summed E-state index contributed by atoms with van der Waals surface area (Å²) in [5.41, 5.74) is 0. The molecule has 0 spiro atoms. The van der Waals surface area contributed by atoms with Crippen LogP contribution < -0.4 is 10.6 Å². The summed E-state index contributed by atoms with van der Waals surface area (Å²) in [4.78, 5) is 25.2. The Morgan fingerprint density at radius 2 is 2.16 bits per heavy atom. The lowest BCUT2D eigenvalue weighted by Crippen LogP contribution is -2.47. The van der Waals surface area contributed by atoms with E-state index in [4.69, 9.17) is 5.11 Å². The van der Waals surface area contributed by atoms with Crippen LogP contribution in [0.25, 0.3) is 0 Å². The Morgan fingerprint density at radius 3 is 2.79 bits per heavy atom. The lowest BCUT2D eigenvalue weighted by atomic mass is 10.1. The summed E-state index contributed by atoms with van der Waals surface area (Å²) in [6.07, 6.45) is 3.80. The van der Waals surface area contributed by atoms with Gasteiger partial charge in [0.2, 0.25) is 5.91 Å². The second-order valence-electron chi connectivity index (χ2n) is 5.31. The number of carbonyl (C=O) groups is 2. The Balaban J connectivity index is 2.32. The third kappa shape index (κ3) is 6.02. The van der Waals surface area contributed by atoms with Gasteiger partial charge < -0.3 is 10.4 Å². The molecule has 0 aliphatic carbocycles. The first-order valence-electron chi connectivity index (χ1n) is 6.98. The number of nitrogens with zero attached hydrogens (tertiary/aromatic N) is 1. The molecule has 0 aromatic rings. The van der Waals surface area contributed by atoms with Crippen LogP contribution in [0.15, 0.2) is 0 Å². The number of hydrogen-bond donors (Lipinski definition) is 3. The number of nitrogens with one attached hydrogen (secondary N) is 2. The van der Waals surface area contributed by atoms with Crippen LogP contribution >= 0.6 is 0 Å². The van der Waals surface area contributed by atoms with E-state index in [0.717, 1.165) is 32.2 Å². The minimum Gasteiger partial charge on any atom is -0.396 e. The molecule has 0 aromatic carbocycles. The summed E-state index contributed by atoms with van der Waals surface area (Å²) in [7, 11) is 0. The largest absolute Gasteiger partial charge is 0.396 e. The minimum atomic E-state index is -0.439. The molecule has 1 aliphatic heterocycles. The number of likely N-dealkylation sites (tertiary alicyclic amines) is 1. The van der Waals surface area contributed by atoms with Gasteiger partial charge in [-0.3, -0.25) is 15.0 Å². The van der Waals surface area contributed by atoms with Gasteiger partial charge >= 0.3 is 6.03 Å². The predicted octanol–water partition coefficient (Wildman–Crippen LogP) is 0.458. The number of aliphatic hydroxyl groups is 1. The van der Waals surface area contributed by atoms with Crippen molar-refractivity contribution in [3.05, 3.63) is 0 Å². The van der Waals surface area contributed by atoms with Crippen molar-refractivity contribution in [3.63, 3.8) is 0 Å². The summed E-state index contributed by atoms with van der Waals surface area (Å²) in [6.45, 7) is 5.01. The number of carbonyl (C=O) groups excluding carboxylic acids is 2. The Labute approximate surface area is 114 Å². The molecule has 1 rings (SSSR count). The molecule has 3 amide bonds. The molecule has 0 bridgehead atoms. The van der Waals surface area contributed by atoms with Crippen LogP contribution in [-0.2, 0) is 4.79 Å². The normalized spacial score (nSPS) is 19.7. The minimum absolute atomic E-state index is 0.0110. The van der Waals surface area contributed by atoms with Crippen molar-refractivity contribution in [1.29, 1.82) is 0 Å². The summed E-state index contributed by atoms with van der Waals surface area (Å²) < 4.78 is 0. The second-order valence-corrected chi connectivity index (χ2v) is 5.31. The van der Waals surface area contributed by atoms with Crippen molar-refractivity contribution < 1.29 is 14.7 Å². The van der Waals surface area contributed by atoms with Gasteiger partial charge in [-0.05, 0) is 46.1 Å². The molecular formula is C13H25N3O3. The Hall–Kier alpha value is -1.14. The van der Waals surface area contributed by atoms with Gasteiger partial charge in [-0.1, -0.05) is 0 Å². The van der Waals surface area contributed by atoms with Gasteiger partial charge in [0.25, 0.3) is 0 Å². The van der Waals surface area contributed by atoms with Crippen molar-refractivity contribution in [2.24, 2.45) is 0 Å². The Morgan fingerprint density at radius 1 is 1.42 bits per heavy atom. The van der Waals surface area contributed by atoms with Crippen LogP contribution in [-0.4, -0.2) is 53.7 Å². The van der Waals surface area contributed by atoms with E-state index in [1.54, 1.807) is 0 Å². The standard InChI is InChI=1S/C13H25N3O3/c1-10(2)14-13(19)15-12(18)9-16-7-3-5-11(16)6-4-8-17/h10-11,17H,3-9H2,1-2H3,(H2,14,15,18,19). The number of urea groups is 1. The van der Waals surface area contributed by atoms with Gasteiger partial charge in [0.1, 0.15) is 0 Å². The monoisotopic (exact) mass is 271 g/mol.